The predicted molar refractivity (Wildman–Crippen MR) is 67.7 cm³/mol. The number of H-pyrrole nitrogens is 1. The Morgan fingerprint density at radius 3 is 3.17 bits per heavy atom. The molecule has 2 aromatic rings. The van der Waals surface area contributed by atoms with Gasteiger partial charge in [-0.3, -0.25) is 0 Å². The molecule has 0 unspecified atom stereocenters. The van der Waals surface area contributed by atoms with Gasteiger partial charge >= 0.3 is 5.97 Å². The molecule has 0 aliphatic heterocycles. The molecule has 2 N–H and O–H groups in total. The molecule has 0 saturated carbocycles. The third-order valence-electron chi connectivity index (χ3n) is 2.38. The van der Waals surface area contributed by atoms with Crippen LogP contribution in [0, 0.1) is 5.82 Å². The van der Waals surface area contributed by atoms with Crippen molar-refractivity contribution < 1.29 is 13.9 Å². The number of hydrogen-bond donors (Lipinski definition) is 2. The second-order valence-electron chi connectivity index (χ2n) is 3.62. The zero-order valence-corrected chi connectivity index (χ0v) is 9.87. The highest BCUT2D eigenvalue weighted by molar-refractivity contribution is 5.92. The smallest absolute Gasteiger partial charge is 0.332 e. The third-order valence-corrected chi connectivity index (χ3v) is 2.38. The van der Waals surface area contributed by atoms with Gasteiger partial charge in [0.1, 0.15) is 5.82 Å². The van der Waals surface area contributed by atoms with Gasteiger partial charge in [-0.1, -0.05) is 0 Å². The summed E-state index contributed by atoms with van der Waals surface area (Å²) in [7, 11) is 0. The van der Waals surface area contributed by atoms with E-state index >= 15 is 0 Å². The summed E-state index contributed by atoms with van der Waals surface area (Å²) < 4.78 is 18.0. The molecule has 1 aromatic heterocycles. The maximum Gasteiger partial charge on any atom is 0.332 e. The molecule has 2 rings (SSSR count). The highest BCUT2D eigenvalue weighted by atomic mass is 19.1. The molecule has 0 bridgehead atoms. The second kappa shape index (κ2) is 5.35. The Labute approximate surface area is 103 Å². The van der Waals surface area contributed by atoms with Crippen LogP contribution in [0.15, 0.2) is 36.7 Å². The summed E-state index contributed by atoms with van der Waals surface area (Å²) in [5.74, 6) is -0.788. The first kappa shape index (κ1) is 12.2. The lowest BCUT2D eigenvalue weighted by Crippen LogP contribution is -2.00. The van der Waals surface area contributed by atoms with Crippen LogP contribution in [0.3, 0.4) is 0 Å². The Morgan fingerprint density at radius 1 is 1.56 bits per heavy atom. The first-order valence-electron chi connectivity index (χ1n) is 5.57. The van der Waals surface area contributed by atoms with E-state index in [1.807, 2.05) is 6.07 Å². The molecule has 0 spiro atoms. The average Bonchev–Trinajstić information content (AvgIpc) is 2.77. The number of hydrogen-bond acceptors (Lipinski definition) is 3. The van der Waals surface area contributed by atoms with Gasteiger partial charge in [0.05, 0.1) is 17.8 Å². The third kappa shape index (κ3) is 2.68. The van der Waals surface area contributed by atoms with Gasteiger partial charge in [0.25, 0.3) is 0 Å². The Hall–Kier alpha value is -2.30. The van der Waals surface area contributed by atoms with Crippen molar-refractivity contribution in [3.63, 3.8) is 0 Å². The van der Waals surface area contributed by atoms with Crippen molar-refractivity contribution in [1.29, 1.82) is 0 Å². The van der Waals surface area contributed by atoms with Gasteiger partial charge in [-0.25, -0.2) is 9.18 Å². The molecular formula is C13H13FN2O2. The lowest BCUT2D eigenvalue weighted by molar-refractivity contribution is -0.137. The van der Waals surface area contributed by atoms with E-state index in [0.717, 1.165) is 5.39 Å². The van der Waals surface area contributed by atoms with E-state index in [1.165, 1.54) is 24.4 Å². The van der Waals surface area contributed by atoms with E-state index in [1.54, 1.807) is 13.1 Å². The molecule has 0 aliphatic carbocycles. The van der Waals surface area contributed by atoms with Gasteiger partial charge in [-0.2, -0.15) is 0 Å². The second-order valence-corrected chi connectivity index (χ2v) is 3.62. The molecule has 5 heteroatoms. The van der Waals surface area contributed by atoms with Crippen molar-refractivity contribution in [2.75, 3.05) is 11.9 Å². The molecule has 0 aliphatic rings. The fourth-order valence-electron chi connectivity index (χ4n) is 1.64. The van der Waals surface area contributed by atoms with Crippen LogP contribution < -0.4 is 5.32 Å². The van der Waals surface area contributed by atoms with Gasteiger partial charge in [0.2, 0.25) is 0 Å². The minimum absolute atomic E-state index is 0.325. The fraction of sp³-hybridized carbons (Fsp3) is 0.154. The molecule has 18 heavy (non-hydrogen) atoms. The normalized spacial score (nSPS) is 11.0. The molecule has 0 fully saturated rings. The zero-order valence-electron chi connectivity index (χ0n) is 9.87. The minimum atomic E-state index is -0.438. The quantitative estimate of drug-likeness (QED) is 0.646. The number of aromatic nitrogens is 1. The van der Waals surface area contributed by atoms with Gasteiger partial charge in [-0.15, -0.1) is 0 Å². The number of nitrogens with one attached hydrogen (secondary N) is 2. The number of aromatic amines is 1. The van der Waals surface area contributed by atoms with Gasteiger partial charge < -0.3 is 15.0 Å². The van der Waals surface area contributed by atoms with E-state index in [2.05, 4.69) is 10.3 Å². The number of benzene rings is 1. The lowest BCUT2D eigenvalue weighted by atomic mass is 10.2. The van der Waals surface area contributed by atoms with E-state index < -0.39 is 5.97 Å². The van der Waals surface area contributed by atoms with E-state index in [0.29, 0.717) is 17.8 Å². The Kier molecular flexibility index (Phi) is 3.62. The van der Waals surface area contributed by atoms with E-state index in [9.17, 15) is 9.18 Å². The highest BCUT2D eigenvalue weighted by Crippen LogP contribution is 2.24. The summed E-state index contributed by atoms with van der Waals surface area (Å²) in [6.07, 6.45) is 4.41. The van der Waals surface area contributed by atoms with Crippen molar-refractivity contribution in [2.45, 2.75) is 6.92 Å². The molecule has 0 amide bonds. The van der Waals surface area contributed by atoms with Crippen molar-refractivity contribution in [1.82, 2.24) is 4.98 Å². The van der Waals surface area contributed by atoms with Crippen molar-refractivity contribution in [3.8, 4) is 0 Å². The summed E-state index contributed by atoms with van der Waals surface area (Å²) in [5.41, 5.74) is 1.29. The fourth-order valence-corrected chi connectivity index (χ4v) is 1.64. The van der Waals surface area contributed by atoms with Crippen LogP contribution >= 0.6 is 0 Å². The molecule has 4 nitrogen and oxygen atoms in total. The summed E-state index contributed by atoms with van der Waals surface area (Å²) in [6, 6.07) is 4.61. The van der Waals surface area contributed by atoms with Crippen LogP contribution in [0.4, 0.5) is 10.1 Å². The summed E-state index contributed by atoms with van der Waals surface area (Å²) in [6.45, 7) is 2.06. The SMILES string of the molecule is CCOC(=O)C=CNc1cc(F)cc2[nH]ccc12. The topological polar surface area (TPSA) is 54.1 Å². The molecular weight excluding hydrogens is 235 g/mol. The maximum absolute atomic E-state index is 13.3. The first-order valence-corrected chi connectivity index (χ1v) is 5.57. The van der Waals surface area contributed by atoms with Crippen molar-refractivity contribution >= 4 is 22.6 Å². The Balaban J connectivity index is 2.16. The van der Waals surface area contributed by atoms with Crippen LogP contribution in [0.5, 0.6) is 0 Å². The summed E-state index contributed by atoms with van der Waals surface area (Å²) in [5, 5.41) is 3.71. The number of anilines is 1. The van der Waals surface area contributed by atoms with Gasteiger partial charge in [-0.05, 0) is 25.1 Å². The largest absolute Gasteiger partial charge is 0.463 e. The van der Waals surface area contributed by atoms with Gasteiger partial charge in [0.15, 0.2) is 0 Å². The number of halogens is 1. The van der Waals surface area contributed by atoms with Crippen molar-refractivity contribution in [3.05, 3.63) is 42.5 Å². The van der Waals surface area contributed by atoms with Crippen LogP contribution in [0.25, 0.3) is 10.9 Å². The number of carbonyl (C=O) groups is 1. The first-order chi connectivity index (χ1) is 8.70. The standard InChI is InChI=1S/C13H13FN2O2/c1-2-18-13(17)4-6-16-12-8-9(14)7-11-10(12)3-5-15-11/h3-8,15-16H,2H2,1H3. The molecule has 0 atom stereocenters. The molecule has 94 valence electrons. The maximum atomic E-state index is 13.3. The number of rotatable bonds is 4. The Morgan fingerprint density at radius 2 is 2.39 bits per heavy atom. The van der Waals surface area contributed by atoms with Crippen molar-refractivity contribution in [2.24, 2.45) is 0 Å². The van der Waals surface area contributed by atoms with Crippen LogP contribution in [-0.2, 0) is 9.53 Å². The van der Waals surface area contributed by atoms with Gasteiger partial charge in [0, 0.05) is 23.9 Å². The molecule has 0 radical (unpaired) electrons. The minimum Gasteiger partial charge on any atom is -0.463 e. The van der Waals surface area contributed by atoms with E-state index in [4.69, 9.17) is 4.74 Å². The Bertz CT molecular complexity index is 590. The molecule has 1 heterocycles. The van der Waals surface area contributed by atoms with E-state index in [-0.39, 0.29) is 5.82 Å². The van der Waals surface area contributed by atoms with Crippen LogP contribution in [0.1, 0.15) is 6.92 Å². The monoisotopic (exact) mass is 248 g/mol. The summed E-state index contributed by atoms with van der Waals surface area (Å²) >= 11 is 0. The summed E-state index contributed by atoms with van der Waals surface area (Å²) in [4.78, 5) is 14.0. The predicted octanol–water partition coefficient (Wildman–Crippen LogP) is 2.80. The highest BCUT2D eigenvalue weighted by Gasteiger charge is 2.03. The molecule has 0 saturated heterocycles. The zero-order chi connectivity index (χ0) is 13.0. The average molecular weight is 248 g/mol. The lowest BCUT2D eigenvalue weighted by Gasteiger charge is -2.03. The number of fused-ring (bicyclic) bond motifs is 1. The number of esters is 1. The van der Waals surface area contributed by atoms with Crippen LogP contribution in [0.2, 0.25) is 0 Å². The molecule has 1 aromatic carbocycles. The number of carbonyl (C=O) groups excluding carboxylic acids is 1. The van der Waals surface area contributed by atoms with Crippen LogP contribution in [-0.4, -0.2) is 17.6 Å². The number of ether oxygens (including phenoxy) is 1.